The molecule has 2 rings (SSSR count). The minimum absolute atomic E-state index is 0.0451. The molecule has 0 bridgehead atoms. The third-order valence-corrected chi connectivity index (χ3v) is 3.74. The van der Waals surface area contributed by atoms with E-state index in [-0.39, 0.29) is 18.4 Å². The maximum atomic E-state index is 11.9. The van der Waals surface area contributed by atoms with Crippen LogP contribution in [0, 0.1) is 11.8 Å². The van der Waals surface area contributed by atoms with Crippen molar-refractivity contribution in [1.82, 2.24) is 10.2 Å². The van der Waals surface area contributed by atoms with Crippen molar-refractivity contribution in [2.75, 3.05) is 20.6 Å². The predicted molar refractivity (Wildman–Crippen MR) is 97.8 cm³/mol. The zero-order chi connectivity index (χ0) is 17.5. The highest BCUT2D eigenvalue weighted by molar-refractivity contribution is 9.10. The first-order valence-corrected chi connectivity index (χ1v) is 8.11. The summed E-state index contributed by atoms with van der Waals surface area (Å²) >= 11 is 3.33. The smallest absolute Gasteiger partial charge is 0.253 e. The molecule has 2 aromatic rings. The molecule has 0 aliphatic heterocycles. The molecule has 0 aliphatic rings. The van der Waals surface area contributed by atoms with Crippen molar-refractivity contribution < 1.29 is 9.59 Å². The van der Waals surface area contributed by atoms with Crippen LogP contribution in [0.15, 0.2) is 53.0 Å². The Bertz CT molecular complexity index is 785. The number of halogens is 1. The molecule has 0 fully saturated rings. The summed E-state index contributed by atoms with van der Waals surface area (Å²) < 4.78 is 0.926. The highest BCUT2D eigenvalue weighted by Crippen LogP contribution is 2.10. The fraction of sp³-hybridized carbons (Fsp3) is 0.158. The first-order valence-electron chi connectivity index (χ1n) is 7.32. The first kappa shape index (κ1) is 17.8. The van der Waals surface area contributed by atoms with Gasteiger partial charge in [0.2, 0.25) is 0 Å². The first-order chi connectivity index (χ1) is 11.5. The number of hydrogen-bond acceptors (Lipinski definition) is 2. The summed E-state index contributed by atoms with van der Waals surface area (Å²) in [6, 6.07) is 14.2. The second-order valence-corrected chi connectivity index (χ2v) is 6.18. The van der Waals surface area contributed by atoms with E-state index in [1.165, 1.54) is 4.90 Å². The lowest BCUT2D eigenvalue weighted by atomic mass is 10.1. The van der Waals surface area contributed by atoms with Crippen LogP contribution in [0.5, 0.6) is 0 Å². The molecule has 0 spiro atoms. The van der Waals surface area contributed by atoms with E-state index in [9.17, 15) is 9.59 Å². The van der Waals surface area contributed by atoms with Gasteiger partial charge in [0.05, 0.1) is 6.54 Å². The monoisotopic (exact) mass is 384 g/mol. The minimum atomic E-state index is -0.163. The Kier molecular flexibility index (Phi) is 6.16. The molecule has 2 amide bonds. The summed E-state index contributed by atoms with van der Waals surface area (Å²) in [4.78, 5) is 25.2. The van der Waals surface area contributed by atoms with Crippen LogP contribution in [-0.4, -0.2) is 37.4 Å². The van der Waals surface area contributed by atoms with Gasteiger partial charge in [0.25, 0.3) is 11.8 Å². The zero-order valence-corrected chi connectivity index (χ0v) is 15.1. The number of nitrogens with one attached hydrogen (secondary N) is 1. The lowest BCUT2D eigenvalue weighted by molar-refractivity contribution is 0.0827. The topological polar surface area (TPSA) is 49.4 Å². The van der Waals surface area contributed by atoms with Gasteiger partial charge in [0, 0.05) is 35.3 Å². The maximum Gasteiger partial charge on any atom is 0.253 e. The van der Waals surface area contributed by atoms with Crippen molar-refractivity contribution in [2.24, 2.45) is 0 Å². The van der Waals surface area contributed by atoms with E-state index < -0.39 is 0 Å². The summed E-state index contributed by atoms with van der Waals surface area (Å²) in [7, 11) is 3.42. The van der Waals surface area contributed by atoms with Crippen LogP contribution in [-0.2, 0) is 0 Å². The highest BCUT2D eigenvalue weighted by Gasteiger charge is 2.06. The third kappa shape index (κ3) is 4.97. The SMILES string of the molecule is CN(C)C(=O)c1ccc(C#CCNC(=O)c2ccc(Br)cc2)cc1. The summed E-state index contributed by atoms with van der Waals surface area (Å²) in [5.41, 5.74) is 2.00. The second kappa shape index (κ2) is 8.32. The molecule has 122 valence electrons. The molecule has 0 heterocycles. The van der Waals surface area contributed by atoms with Crippen molar-refractivity contribution in [3.63, 3.8) is 0 Å². The number of rotatable bonds is 3. The molecule has 0 unspecified atom stereocenters. The standard InChI is InChI=1S/C19H17BrN2O2/c1-22(2)19(24)16-7-5-14(6-8-16)4-3-13-21-18(23)15-9-11-17(20)12-10-15/h5-12H,13H2,1-2H3,(H,21,23). The zero-order valence-electron chi connectivity index (χ0n) is 13.5. The molecular formula is C19H17BrN2O2. The molecule has 2 aromatic carbocycles. The van der Waals surface area contributed by atoms with Gasteiger partial charge >= 0.3 is 0 Å². The van der Waals surface area contributed by atoms with Gasteiger partial charge < -0.3 is 10.2 Å². The van der Waals surface area contributed by atoms with Crippen LogP contribution in [0.3, 0.4) is 0 Å². The van der Waals surface area contributed by atoms with Crippen molar-refractivity contribution in [1.29, 1.82) is 0 Å². The van der Waals surface area contributed by atoms with Crippen molar-refractivity contribution in [3.8, 4) is 11.8 Å². The van der Waals surface area contributed by atoms with Gasteiger partial charge in [0.15, 0.2) is 0 Å². The number of carbonyl (C=O) groups is 2. The molecule has 0 radical (unpaired) electrons. The van der Waals surface area contributed by atoms with Crippen molar-refractivity contribution in [3.05, 3.63) is 69.7 Å². The van der Waals surface area contributed by atoms with Gasteiger partial charge in [-0.05, 0) is 48.5 Å². The Morgan fingerprint density at radius 1 is 1.00 bits per heavy atom. The Hall–Kier alpha value is -2.58. The summed E-state index contributed by atoms with van der Waals surface area (Å²) in [6.45, 7) is 0.257. The summed E-state index contributed by atoms with van der Waals surface area (Å²) in [6.07, 6.45) is 0. The molecule has 0 atom stereocenters. The summed E-state index contributed by atoms with van der Waals surface area (Å²) in [5, 5.41) is 2.74. The number of amides is 2. The number of benzene rings is 2. The van der Waals surface area contributed by atoms with Gasteiger partial charge in [-0.25, -0.2) is 0 Å². The van der Waals surface area contributed by atoms with E-state index in [0.717, 1.165) is 10.0 Å². The van der Waals surface area contributed by atoms with Gasteiger partial charge in [-0.2, -0.15) is 0 Å². The van der Waals surface area contributed by atoms with E-state index in [4.69, 9.17) is 0 Å². The number of carbonyl (C=O) groups excluding carboxylic acids is 2. The van der Waals surface area contributed by atoms with E-state index in [0.29, 0.717) is 11.1 Å². The number of nitrogens with zero attached hydrogens (tertiary/aromatic N) is 1. The molecule has 0 saturated carbocycles. The van der Waals surface area contributed by atoms with Gasteiger partial charge in [-0.15, -0.1) is 0 Å². The van der Waals surface area contributed by atoms with Crippen molar-refractivity contribution in [2.45, 2.75) is 0 Å². The molecule has 0 aromatic heterocycles. The lowest BCUT2D eigenvalue weighted by Gasteiger charge is -2.09. The maximum absolute atomic E-state index is 11.9. The highest BCUT2D eigenvalue weighted by atomic mass is 79.9. The summed E-state index contributed by atoms with van der Waals surface area (Å²) in [5.74, 6) is 5.65. The molecule has 24 heavy (non-hydrogen) atoms. The van der Waals surface area contributed by atoms with Gasteiger partial charge in [-0.1, -0.05) is 27.8 Å². The minimum Gasteiger partial charge on any atom is -0.345 e. The molecule has 0 aliphatic carbocycles. The normalized spacial score (nSPS) is 9.62. The fourth-order valence-corrected chi connectivity index (χ4v) is 2.19. The van der Waals surface area contributed by atoms with Crippen LogP contribution in [0.4, 0.5) is 0 Å². The van der Waals surface area contributed by atoms with E-state index in [2.05, 4.69) is 33.1 Å². The number of hydrogen-bond donors (Lipinski definition) is 1. The second-order valence-electron chi connectivity index (χ2n) is 5.27. The fourth-order valence-electron chi connectivity index (χ4n) is 1.93. The van der Waals surface area contributed by atoms with Gasteiger partial charge in [-0.3, -0.25) is 9.59 Å². The molecule has 1 N–H and O–H groups in total. The Morgan fingerprint density at radius 3 is 2.17 bits per heavy atom. The molecule has 0 saturated heterocycles. The molecular weight excluding hydrogens is 368 g/mol. The van der Waals surface area contributed by atoms with E-state index in [1.54, 1.807) is 50.5 Å². The van der Waals surface area contributed by atoms with Crippen LogP contribution in [0.1, 0.15) is 26.3 Å². The largest absolute Gasteiger partial charge is 0.345 e. The predicted octanol–water partition coefficient (Wildman–Crippen LogP) is 2.93. The van der Waals surface area contributed by atoms with Crippen LogP contribution >= 0.6 is 15.9 Å². The Labute approximate surface area is 150 Å². The molecule has 5 heteroatoms. The van der Waals surface area contributed by atoms with E-state index >= 15 is 0 Å². The average Bonchev–Trinajstić information content (AvgIpc) is 2.59. The Morgan fingerprint density at radius 2 is 1.58 bits per heavy atom. The lowest BCUT2D eigenvalue weighted by Crippen LogP contribution is -2.23. The quantitative estimate of drug-likeness (QED) is 0.827. The van der Waals surface area contributed by atoms with E-state index in [1.807, 2.05) is 12.1 Å². The van der Waals surface area contributed by atoms with Crippen LogP contribution in [0.2, 0.25) is 0 Å². The van der Waals surface area contributed by atoms with Crippen LogP contribution < -0.4 is 5.32 Å². The average molecular weight is 385 g/mol. The van der Waals surface area contributed by atoms with Gasteiger partial charge in [0.1, 0.15) is 0 Å². The van der Waals surface area contributed by atoms with Crippen LogP contribution in [0.25, 0.3) is 0 Å². The third-order valence-electron chi connectivity index (χ3n) is 3.21. The Balaban J connectivity index is 1.90. The molecule has 4 nitrogen and oxygen atoms in total. The van der Waals surface area contributed by atoms with Crippen molar-refractivity contribution >= 4 is 27.7 Å².